The Hall–Kier alpha value is -1.35. The Morgan fingerprint density at radius 1 is 1.08 bits per heavy atom. The second-order valence-corrected chi connectivity index (χ2v) is 8.21. The van der Waals surface area contributed by atoms with Crippen LogP contribution in [-0.4, -0.2) is 30.1 Å². The van der Waals surface area contributed by atoms with Crippen LogP contribution in [0, 0.1) is 0 Å². The van der Waals surface area contributed by atoms with E-state index in [1.54, 1.807) is 0 Å². The molecule has 2 aromatic carbocycles. The lowest BCUT2D eigenvalue weighted by Gasteiger charge is -2.42. The number of fused-ring (bicyclic) bond motifs is 1. The molecule has 0 aromatic heterocycles. The van der Waals surface area contributed by atoms with Gasteiger partial charge in [0, 0.05) is 42.2 Å². The van der Waals surface area contributed by atoms with E-state index in [4.69, 9.17) is 11.6 Å². The number of hydrogen-bond acceptors (Lipinski definition) is 2. The second kappa shape index (κ2) is 6.18. The Kier molecular flexibility index (Phi) is 4.16. The van der Waals surface area contributed by atoms with Crippen LogP contribution in [0.4, 0.5) is 0 Å². The molecule has 1 fully saturated rings. The second-order valence-electron chi connectivity index (χ2n) is 7.77. The van der Waals surface area contributed by atoms with Crippen molar-refractivity contribution in [2.45, 2.75) is 37.8 Å². The van der Waals surface area contributed by atoms with E-state index >= 15 is 0 Å². The molecule has 0 saturated carbocycles. The van der Waals surface area contributed by atoms with Crippen LogP contribution in [0.1, 0.15) is 48.9 Å². The van der Waals surface area contributed by atoms with Gasteiger partial charge in [0.25, 0.3) is 0 Å². The van der Waals surface area contributed by atoms with Gasteiger partial charge in [-0.3, -0.25) is 4.90 Å². The molecule has 1 saturated heterocycles. The van der Waals surface area contributed by atoms with Gasteiger partial charge < -0.3 is 5.32 Å². The Labute approximate surface area is 149 Å². The van der Waals surface area contributed by atoms with Gasteiger partial charge in [0.15, 0.2) is 0 Å². The average Bonchev–Trinajstić information content (AvgIpc) is 2.93. The van der Waals surface area contributed by atoms with Crippen LogP contribution in [0.25, 0.3) is 0 Å². The Bertz CT molecular complexity index is 726. The largest absolute Gasteiger partial charge is 0.309 e. The van der Waals surface area contributed by atoms with E-state index in [0.717, 1.165) is 31.1 Å². The van der Waals surface area contributed by atoms with Gasteiger partial charge in [-0.05, 0) is 49.1 Å². The molecule has 2 aromatic rings. The third-order valence-electron chi connectivity index (χ3n) is 5.49. The monoisotopic (exact) mass is 340 g/mol. The predicted octanol–water partition coefficient (Wildman–Crippen LogP) is 4.60. The number of piperazine rings is 1. The number of nitrogens with one attached hydrogen (secondary N) is 1. The van der Waals surface area contributed by atoms with Crippen LogP contribution in [0.2, 0.25) is 5.02 Å². The van der Waals surface area contributed by atoms with Crippen molar-refractivity contribution < 1.29 is 0 Å². The maximum absolute atomic E-state index is 6.35. The molecule has 1 aliphatic heterocycles. The summed E-state index contributed by atoms with van der Waals surface area (Å²) in [5.74, 6) is 0.474. The van der Waals surface area contributed by atoms with Gasteiger partial charge in [0.1, 0.15) is 0 Å². The lowest BCUT2D eigenvalue weighted by atomic mass is 9.93. The van der Waals surface area contributed by atoms with Crippen LogP contribution >= 0.6 is 11.6 Å². The van der Waals surface area contributed by atoms with E-state index in [1.807, 2.05) is 6.07 Å². The van der Waals surface area contributed by atoms with Crippen molar-refractivity contribution in [1.82, 2.24) is 10.2 Å². The fourth-order valence-electron chi connectivity index (χ4n) is 4.42. The molecular weight excluding hydrogens is 316 g/mol. The number of rotatable bonds is 2. The first-order valence-electron chi connectivity index (χ1n) is 8.87. The normalized spacial score (nSPS) is 26.3. The summed E-state index contributed by atoms with van der Waals surface area (Å²) in [7, 11) is 0. The number of nitrogens with zero attached hydrogens (tertiary/aromatic N) is 1. The molecule has 1 aliphatic carbocycles. The van der Waals surface area contributed by atoms with E-state index in [1.165, 1.54) is 16.7 Å². The summed E-state index contributed by atoms with van der Waals surface area (Å²) in [4.78, 5) is 2.65. The van der Waals surface area contributed by atoms with E-state index in [-0.39, 0.29) is 5.54 Å². The molecular formula is C21H25ClN2. The molecule has 126 valence electrons. The predicted molar refractivity (Wildman–Crippen MR) is 101 cm³/mol. The fraction of sp³-hybridized carbons (Fsp3) is 0.429. The number of hydrogen-bond donors (Lipinski definition) is 1. The summed E-state index contributed by atoms with van der Waals surface area (Å²) in [6.45, 7) is 7.81. The van der Waals surface area contributed by atoms with Crippen molar-refractivity contribution in [3.05, 3.63) is 70.2 Å². The average molecular weight is 341 g/mol. The fourth-order valence-corrected chi connectivity index (χ4v) is 4.60. The smallest absolute Gasteiger partial charge is 0.0409 e. The van der Waals surface area contributed by atoms with Gasteiger partial charge in [-0.2, -0.15) is 0 Å². The molecule has 0 bridgehead atoms. The minimum atomic E-state index is 0.168. The molecule has 1 N–H and O–H groups in total. The van der Waals surface area contributed by atoms with E-state index in [9.17, 15) is 0 Å². The van der Waals surface area contributed by atoms with Crippen molar-refractivity contribution in [2.24, 2.45) is 0 Å². The van der Waals surface area contributed by atoms with Crippen molar-refractivity contribution in [3.8, 4) is 0 Å². The zero-order valence-electron chi connectivity index (χ0n) is 14.4. The van der Waals surface area contributed by atoms with Gasteiger partial charge >= 0.3 is 0 Å². The summed E-state index contributed by atoms with van der Waals surface area (Å²) < 4.78 is 0. The van der Waals surface area contributed by atoms with Crippen LogP contribution < -0.4 is 5.32 Å². The Balaban J connectivity index is 1.71. The van der Waals surface area contributed by atoms with Crippen molar-refractivity contribution in [3.63, 3.8) is 0 Å². The molecule has 1 heterocycles. The van der Waals surface area contributed by atoms with Crippen LogP contribution in [0.3, 0.4) is 0 Å². The van der Waals surface area contributed by atoms with Crippen LogP contribution in [-0.2, 0) is 0 Å². The van der Waals surface area contributed by atoms with Gasteiger partial charge in [0.05, 0.1) is 0 Å². The summed E-state index contributed by atoms with van der Waals surface area (Å²) >= 11 is 6.35. The highest BCUT2D eigenvalue weighted by atomic mass is 35.5. The highest BCUT2D eigenvalue weighted by Gasteiger charge is 2.38. The van der Waals surface area contributed by atoms with E-state index < -0.39 is 0 Å². The SMILES string of the molecule is CC1(C)CN([C@@H]2C[C@@H](c3ccccc3)c3ccc(Cl)cc32)CCN1. The van der Waals surface area contributed by atoms with E-state index in [0.29, 0.717) is 12.0 Å². The Morgan fingerprint density at radius 3 is 2.62 bits per heavy atom. The molecule has 3 heteroatoms. The summed E-state index contributed by atoms with van der Waals surface area (Å²) in [6.07, 6.45) is 1.15. The minimum Gasteiger partial charge on any atom is -0.309 e. The zero-order chi connectivity index (χ0) is 16.7. The van der Waals surface area contributed by atoms with Crippen molar-refractivity contribution >= 4 is 11.6 Å². The molecule has 2 nitrogen and oxygen atoms in total. The van der Waals surface area contributed by atoms with E-state index in [2.05, 4.69) is 66.5 Å². The molecule has 0 unspecified atom stereocenters. The molecule has 24 heavy (non-hydrogen) atoms. The first-order valence-corrected chi connectivity index (χ1v) is 9.25. The van der Waals surface area contributed by atoms with Crippen molar-refractivity contribution in [2.75, 3.05) is 19.6 Å². The quantitative estimate of drug-likeness (QED) is 0.859. The van der Waals surface area contributed by atoms with Gasteiger partial charge in [-0.1, -0.05) is 48.0 Å². The topological polar surface area (TPSA) is 15.3 Å². The highest BCUT2D eigenvalue weighted by molar-refractivity contribution is 6.30. The summed E-state index contributed by atoms with van der Waals surface area (Å²) in [5, 5.41) is 4.47. The maximum Gasteiger partial charge on any atom is 0.0409 e. The zero-order valence-corrected chi connectivity index (χ0v) is 15.2. The van der Waals surface area contributed by atoms with Gasteiger partial charge in [-0.15, -0.1) is 0 Å². The lowest BCUT2D eigenvalue weighted by molar-refractivity contribution is 0.107. The van der Waals surface area contributed by atoms with Gasteiger partial charge in [-0.25, -0.2) is 0 Å². The molecule has 2 aliphatic rings. The summed E-state index contributed by atoms with van der Waals surface area (Å²) in [5.41, 5.74) is 4.46. The number of halogens is 1. The first kappa shape index (κ1) is 16.1. The first-order chi connectivity index (χ1) is 11.5. The Morgan fingerprint density at radius 2 is 1.88 bits per heavy atom. The van der Waals surface area contributed by atoms with Crippen LogP contribution in [0.5, 0.6) is 0 Å². The van der Waals surface area contributed by atoms with Crippen molar-refractivity contribution in [1.29, 1.82) is 0 Å². The highest BCUT2D eigenvalue weighted by Crippen LogP contribution is 2.47. The third-order valence-corrected chi connectivity index (χ3v) is 5.72. The standard InChI is InChI=1S/C21H25ClN2/c1-21(2)14-24(11-10-23-21)20-13-18(15-6-4-3-5-7-15)17-9-8-16(22)12-19(17)20/h3-9,12,18,20,23H,10-11,13-14H2,1-2H3/t18-,20+/m0/s1. The maximum atomic E-state index is 6.35. The lowest BCUT2D eigenvalue weighted by Crippen LogP contribution is -2.57. The van der Waals surface area contributed by atoms with Gasteiger partial charge in [0.2, 0.25) is 0 Å². The molecule has 4 rings (SSSR count). The molecule has 0 amide bonds. The summed E-state index contributed by atoms with van der Waals surface area (Å²) in [6, 6.07) is 17.8. The molecule has 2 atom stereocenters. The molecule has 0 spiro atoms. The van der Waals surface area contributed by atoms with Crippen LogP contribution in [0.15, 0.2) is 48.5 Å². The minimum absolute atomic E-state index is 0.168. The third kappa shape index (κ3) is 2.99. The number of benzene rings is 2. The molecule has 0 radical (unpaired) electrons.